The van der Waals surface area contributed by atoms with E-state index in [-0.39, 0.29) is 13.0 Å². The Morgan fingerprint density at radius 3 is 2.74 bits per heavy atom. The average molecular weight is 594 g/mol. The van der Waals surface area contributed by atoms with Gasteiger partial charge >= 0.3 is 6.01 Å². The number of carbonyl (C=O) groups is 1. The van der Waals surface area contributed by atoms with Crippen LogP contribution in [0.1, 0.15) is 48.1 Å². The number of anilines is 2. The van der Waals surface area contributed by atoms with E-state index in [4.69, 9.17) is 26.3 Å². The molecule has 222 valence electrons. The maximum Gasteiger partial charge on any atom is 0.318 e. The molecule has 0 radical (unpaired) electrons. The minimum absolute atomic E-state index is 0.0911. The van der Waals surface area contributed by atoms with Crippen LogP contribution in [-0.2, 0) is 30.6 Å². The molecule has 2 fully saturated rings. The molecule has 0 bridgehead atoms. The Balaban J connectivity index is 1.32. The molecule has 4 heterocycles. The Hall–Kier alpha value is -3.42. The summed E-state index contributed by atoms with van der Waals surface area (Å²) in [7, 11) is 2.11. The van der Waals surface area contributed by atoms with Crippen LogP contribution in [0.4, 0.5) is 15.9 Å². The molecular formula is C31H37ClFN7O2. The van der Waals surface area contributed by atoms with Crippen LogP contribution in [0.5, 0.6) is 6.01 Å². The fourth-order valence-corrected chi connectivity index (χ4v) is 7.19. The number of likely N-dealkylation sites (tertiary alicyclic amines) is 1. The molecule has 4 aliphatic rings. The quantitative estimate of drug-likeness (QED) is 0.444. The van der Waals surface area contributed by atoms with Crippen LogP contribution in [0.3, 0.4) is 0 Å². The SMILES string of the molecule is C=C(F)C(=O)N1CCN(c2nc(OC[C@@H]3CCCN3C)nc3c2CCN(c2cc(Cl)cc4c2CCC4)C3)C[C@@H]1CC#N. The van der Waals surface area contributed by atoms with E-state index in [9.17, 15) is 14.4 Å². The van der Waals surface area contributed by atoms with Gasteiger partial charge in [0.2, 0.25) is 0 Å². The second-order valence-corrected chi connectivity index (χ2v) is 12.2. The van der Waals surface area contributed by atoms with Crippen molar-refractivity contribution < 1.29 is 13.9 Å². The molecular weight excluding hydrogens is 557 g/mol. The monoisotopic (exact) mass is 593 g/mol. The topological polar surface area (TPSA) is 88.8 Å². The fraction of sp³-hybridized carbons (Fsp3) is 0.548. The molecule has 2 atom stereocenters. The van der Waals surface area contributed by atoms with Crippen LogP contribution in [0.15, 0.2) is 24.5 Å². The van der Waals surface area contributed by atoms with Crippen LogP contribution in [0, 0.1) is 11.3 Å². The van der Waals surface area contributed by atoms with Gasteiger partial charge in [0.15, 0.2) is 5.83 Å². The maximum absolute atomic E-state index is 13.8. The molecule has 11 heteroatoms. The first-order valence-corrected chi connectivity index (χ1v) is 15.3. The van der Waals surface area contributed by atoms with E-state index < -0.39 is 17.8 Å². The molecule has 0 unspecified atom stereocenters. The Bertz CT molecular complexity index is 1430. The minimum Gasteiger partial charge on any atom is -0.462 e. The third-order valence-corrected chi connectivity index (χ3v) is 9.42. The molecule has 2 aromatic rings. The van der Waals surface area contributed by atoms with E-state index in [0.29, 0.717) is 38.3 Å². The number of fused-ring (bicyclic) bond motifs is 2. The lowest BCUT2D eigenvalue weighted by molar-refractivity contribution is -0.131. The summed E-state index contributed by atoms with van der Waals surface area (Å²) >= 11 is 6.55. The number of carbonyl (C=O) groups excluding carboxylic acids is 1. The lowest BCUT2D eigenvalue weighted by Crippen LogP contribution is -2.55. The highest BCUT2D eigenvalue weighted by Crippen LogP contribution is 2.38. The summed E-state index contributed by atoms with van der Waals surface area (Å²) in [5.41, 5.74) is 5.88. The standard InChI is InChI=1S/C31H37ClFN7O2/c1-20(33)30(41)40-14-13-39(17-23(40)8-10-34)29-26-9-12-38(28-16-22(32)15-21-5-3-7-25(21)28)18-27(26)35-31(36-29)42-19-24-6-4-11-37(24)2/h15-16,23-24H,1,3-9,11-14,17-19H2,2H3/t23-,24-/m0/s1. The first kappa shape index (κ1) is 28.7. The molecule has 0 N–H and O–H groups in total. The number of benzene rings is 1. The van der Waals surface area contributed by atoms with Gasteiger partial charge in [-0.15, -0.1) is 0 Å². The summed E-state index contributed by atoms with van der Waals surface area (Å²) in [4.78, 5) is 30.5. The van der Waals surface area contributed by atoms with Crippen LogP contribution in [0.25, 0.3) is 0 Å². The Kier molecular flexibility index (Phi) is 8.24. The van der Waals surface area contributed by atoms with Gasteiger partial charge in [0, 0.05) is 48.5 Å². The number of halogens is 2. The number of ether oxygens (including phenoxy) is 1. The number of aromatic nitrogens is 2. The number of aryl methyl sites for hydroxylation is 1. The smallest absolute Gasteiger partial charge is 0.318 e. The molecule has 3 aliphatic heterocycles. The zero-order valence-electron chi connectivity index (χ0n) is 24.1. The molecule has 6 rings (SSSR count). The highest BCUT2D eigenvalue weighted by Gasteiger charge is 2.35. The van der Waals surface area contributed by atoms with Crippen LogP contribution in [-0.4, -0.2) is 84.1 Å². The third kappa shape index (κ3) is 5.64. The van der Waals surface area contributed by atoms with Gasteiger partial charge in [-0.25, -0.2) is 4.39 Å². The summed E-state index contributed by atoms with van der Waals surface area (Å²) in [5, 5.41) is 10.2. The lowest BCUT2D eigenvalue weighted by Gasteiger charge is -2.42. The van der Waals surface area contributed by atoms with E-state index in [1.165, 1.54) is 21.7 Å². The maximum atomic E-state index is 13.8. The zero-order valence-corrected chi connectivity index (χ0v) is 24.9. The van der Waals surface area contributed by atoms with E-state index >= 15 is 0 Å². The predicted octanol–water partition coefficient (Wildman–Crippen LogP) is 4.07. The van der Waals surface area contributed by atoms with E-state index in [1.807, 2.05) is 0 Å². The zero-order chi connectivity index (χ0) is 29.4. The highest BCUT2D eigenvalue weighted by molar-refractivity contribution is 6.31. The highest BCUT2D eigenvalue weighted by atomic mass is 35.5. The summed E-state index contributed by atoms with van der Waals surface area (Å²) < 4.78 is 20.0. The number of hydrogen-bond acceptors (Lipinski definition) is 8. The lowest BCUT2D eigenvalue weighted by atomic mass is 10.0. The van der Waals surface area contributed by atoms with Gasteiger partial charge < -0.3 is 24.3 Å². The first-order valence-electron chi connectivity index (χ1n) is 14.9. The predicted molar refractivity (Wildman–Crippen MR) is 160 cm³/mol. The second kappa shape index (κ2) is 12.1. The van der Waals surface area contributed by atoms with Crippen molar-refractivity contribution in [1.82, 2.24) is 19.8 Å². The van der Waals surface area contributed by atoms with Crippen LogP contribution < -0.4 is 14.5 Å². The number of nitriles is 1. The van der Waals surface area contributed by atoms with E-state index in [0.717, 1.165) is 73.7 Å². The van der Waals surface area contributed by atoms with Crippen LogP contribution >= 0.6 is 11.6 Å². The summed E-state index contributed by atoms with van der Waals surface area (Å²) in [6, 6.07) is 6.52. The molecule has 1 amide bonds. The van der Waals surface area contributed by atoms with Crippen molar-refractivity contribution in [2.75, 3.05) is 56.2 Å². The number of rotatable bonds is 7. The van der Waals surface area contributed by atoms with Gasteiger partial charge in [-0.05, 0) is 75.4 Å². The Morgan fingerprint density at radius 1 is 1.12 bits per heavy atom. The van der Waals surface area contributed by atoms with Gasteiger partial charge in [-0.2, -0.15) is 15.2 Å². The van der Waals surface area contributed by atoms with Crippen molar-refractivity contribution in [3.05, 3.63) is 51.9 Å². The largest absolute Gasteiger partial charge is 0.462 e. The number of hydrogen-bond donors (Lipinski definition) is 0. The number of nitrogens with zero attached hydrogens (tertiary/aromatic N) is 7. The minimum atomic E-state index is -1.01. The molecule has 2 saturated heterocycles. The van der Waals surface area contributed by atoms with Gasteiger partial charge in [0.25, 0.3) is 5.91 Å². The summed E-state index contributed by atoms with van der Waals surface area (Å²) in [5.74, 6) is -0.986. The molecule has 42 heavy (non-hydrogen) atoms. The number of piperazine rings is 1. The molecule has 1 aromatic heterocycles. The van der Waals surface area contributed by atoms with Crippen molar-refractivity contribution in [2.24, 2.45) is 0 Å². The van der Waals surface area contributed by atoms with Crippen molar-refractivity contribution in [1.29, 1.82) is 5.26 Å². The summed E-state index contributed by atoms with van der Waals surface area (Å²) in [6.45, 7) is 7.25. The normalized spacial score (nSPS) is 22.1. The molecule has 0 saturated carbocycles. The van der Waals surface area contributed by atoms with E-state index in [1.54, 1.807) is 0 Å². The van der Waals surface area contributed by atoms with Gasteiger partial charge in [-0.1, -0.05) is 18.2 Å². The Labute approximate surface area is 251 Å². The van der Waals surface area contributed by atoms with Gasteiger partial charge in [-0.3, -0.25) is 4.79 Å². The molecule has 9 nitrogen and oxygen atoms in total. The Morgan fingerprint density at radius 2 is 1.98 bits per heavy atom. The second-order valence-electron chi connectivity index (χ2n) is 11.8. The average Bonchev–Trinajstić information content (AvgIpc) is 3.63. The number of likely N-dealkylation sites (N-methyl/N-ethyl adjacent to an activating group) is 1. The van der Waals surface area contributed by atoms with Gasteiger partial charge in [0.05, 0.1) is 30.8 Å². The third-order valence-electron chi connectivity index (χ3n) is 9.20. The summed E-state index contributed by atoms with van der Waals surface area (Å²) in [6.07, 6.45) is 6.30. The fourth-order valence-electron chi connectivity index (χ4n) is 6.96. The van der Waals surface area contributed by atoms with Crippen LogP contribution in [0.2, 0.25) is 5.02 Å². The molecule has 0 spiro atoms. The van der Waals surface area contributed by atoms with Crippen molar-refractivity contribution in [2.45, 2.75) is 63.6 Å². The van der Waals surface area contributed by atoms with Crippen molar-refractivity contribution in [3.8, 4) is 12.1 Å². The molecule has 1 aromatic carbocycles. The van der Waals surface area contributed by atoms with E-state index in [2.05, 4.69) is 46.5 Å². The van der Waals surface area contributed by atoms with Crippen molar-refractivity contribution >= 4 is 29.0 Å². The van der Waals surface area contributed by atoms with Gasteiger partial charge in [0.1, 0.15) is 12.4 Å². The van der Waals surface area contributed by atoms with Crippen molar-refractivity contribution in [3.63, 3.8) is 0 Å². The first-order chi connectivity index (χ1) is 20.3. The molecule has 1 aliphatic carbocycles. The number of amides is 1.